The van der Waals surface area contributed by atoms with Crippen LogP contribution in [0.15, 0.2) is 10.5 Å². The summed E-state index contributed by atoms with van der Waals surface area (Å²) in [7, 11) is 1.89. The van der Waals surface area contributed by atoms with Crippen molar-refractivity contribution in [3.63, 3.8) is 0 Å². The maximum absolute atomic E-state index is 6.05. The van der Waals surface area contributed by atoms with Gasteiger partial charge in [0.15, 0.2) is 5.22 Å². The molecule has 1 aliphatic rings. The lowest BCUT2D eigenvalue weighted by atomic mass is 10.2. The van der Waals surface area contributed by atoms with Crippen molar-refractivity contribution < 1.29 is 9.15 Å². The highest BCUT2D eigenvalue weighted by molar-refractivity contribution is 6.29. The molecule has 1 aliphatic heterocycles. The van der Waals surface area contributed by atoms with Crippen molar-refractivity contribution in [2.45, 2.75) is 13.1 Å². The van der Waals surface area contributed by atoms with Gasteiger partial charge in [0.05, 0.1) is 19.8 Å². The Morgan fingerprint density at radius 1 is 1.44 bits per heavy atom. The Morgan fingerprint density at radius 2 is 2.19 bits per heavy atom. The standard InChI is InChI=1S/C11H17ClN2O2/c1-13-7-10-6-9(11(12)16-10)8-14-2-4-15-5-3-14/h6,13H,2-5,7-8H2,1H3. The van der Waals surface area contributed by atoms with Gasteiger partial charge in [-0.05, 0) is 24.7 Å². The zero-order valence-electron chi connectivity index (χ0n) is 9.46. The summed E-state index contributed by atoms with van der Waals surface area (Å²) in [5.41, 5.74) is 1.06. The Morgan fingerprint density at radius 3 is 2.88 bits per heavy atom. The highest BCUT2D eigenvalue weighted by Gasteiger charge is 2.15. The largest absolute Gasteiger partial charge is 0.448 e. The molecule has 1 aromatic rings. The second-order valence-corrected chi connectivity index (χ2v) is 4.27. The Balaban J connectivity index is 1.96. The lowest BCUT2D eigenvalue weighted by molar-refractivity contribution is 0.0341. The summed E-state index contributed by atoms with van der Waals surface area (Å²) < 4.78 is 10.7. The summed E-state index contributed by atoms with van der Waals surface area (Å²) in [6.07, 6.45) is 0. The molecule has 0 atom stereocenters. The number of nitrogens with one attached hydrogen (secondary N) is 1. The van der Waals surface area contributed by atoms with Crippen LogP contribution >= 0.6 is 11.6 Å². The van der Waals surface area contributed by atoms with Crippen LogP contribution in [-0.4, -0.2) is 38.3 Å². The SMILES string of the molecule is CNCc1cc(CN2CCOCC2)c(Cl)o1. The van der Waals surface area contributed by atoms with Gasteiger partial charge in [-0.2, -0.15) is 0 Å². The number of hydrogen-bond donors (Lipinski definition) is 1. The summed E-state index contributed by atoms with van der Waals surface area (Å²) in [5, 5.41) is 3.55. The summed E-state index contributed by atoms with van der Waals surface area (Å²) in [5.74, 6) is 0.885. The Bertz CT molecular complexity index is 335. The zero-order valence-corrected chi connectivity index (χ0v) is 10.2. The predicted octanol–water partition coefficient (Wildman–Crippen LogP) is 1.48. The third-order valence-corrected chi connectivity index (χ3v) is 2.98. The molecule has 4 nitrogen and oxygen atoms in total. The molecule has 0 aliphatic carbocycles. The first-order chi connectivity index (χ1) is 7.79. The van der Waals surface area contributed by atoms with Crippen LogP contribution in [0, 0.1) is 0 Å². The van der Waals surface area contributed by atoms with Crippen molar-refractivity contribution >= 4 is 11.6 Å². The highest BCUT2D eigenvalue weighted by Crippen LogP contribution is 2.22. The van der Waals surface area contributed by atoms with Crippen molar-refractivity contribution in [1.29, 1.82) is 0 Å². The van der Waals surface area contributed by atoms with E-state index in [0.29, 0.717) is 11.8 Å². The monoisotopic (exact) mass is 244 g/mol. The van der Waals surface area contributed by atoms with Crippen LogP contribution < -0.4 is 5.32 Å². The van der Waals surface area contributed by atoms with Gasteiger partial charge in [-0.25, -0.2) is 0 Å². The molecule has 90 valence electrons. The smallest absolute Gasteiger partial charge is 0.197 e. The minimum atomic E-state index is 0.511. The average molecular weight is 245 g/mol. The second kappa shape index (κ2) is 5.68. The number of halogens is 1. The van der Waals surface area contributed by atoms with Crippen molar-refractivity contribution in [2.75, 3.05) is 33.4 Å². The molecule has 1 aromatic heterocycles. The summed E-state index contributed by atoms with van der Waals surface area (Å²) >= 11 is 6.05. The molecule has 0 spiro atoms. The van der Waals surface area contributed by atoms with E-state index < -0.39 is 0 Å². The van der Waals surface area contributed by atoms with Gasteiger partial charge in [-0.15, -0.1) is 0 Å². The Hall–Kier alpha value is -0.550. The fourth-order valence-electron chi connectivity index (χ4n) is 1.83. The molecular weight excluding hydrogens is 228 g/mol. The van der Waals surface area contributed by atoms with Gasteiger partial charge in [-0.3, -0.25) is 4.90 Å². The number of rotatable bonds is 4. The van der Waals surface area contributed by atoms with Crippen LogP contribution in [0.5, 0.6) is 0 Å². The minimum Gasteiger partial charge on any atom is -0.448 e. The van der Waals surface area contributed by atoms with Crippen LogP contribution in [0.4, 0.5) is 0 Å². The first-order valence-electron chi connectivity index (χ1n) is 5.51. The van der Waals surface area contributed by atoms with E-state index in [2.05, 4.69) is 10.2 Å². The topological polar surface area (TPSA) is 37.6 Å². The molecular formula is C11H17ClN2O2. The van der Waals surface area contributed by atoms with E-state index >= 15 is 0 Å². The molecule has 0 amide bonds. The molecule has 5 heteroatoms. The molecule has 2 heterocycles. The van der Waals surface area contributed by atoms with E-state index in [-0.39, 0.29) is 0 Å². The minimum absolute atomic E-state index is 0.511. The summed E-state index contributed by atoms with van der Waals surface area (Å²) in [6.45, 7) is 5.08. The van der Waals surface area contributed by atoms with E-state index in [9.17, 15) is 0 Å². The molecule has 2 rings (SSSR count). The molecule has 0 radical (unpaired) electrons. The van der Waals surface area contributed by atoms with Crippen LogP contribution in [0.3, 0.4) is 0 Å². The van der Waals surface area contributed by atoms with Crippen LogP contribution in [0.2, 0.25) is 5.22 Å². The Labute approximate surface area is 101 Å². The second-order valence-electron chi connectivity index (χ2n) is 3.93. The van der Waals surface area contributed by atoms with Gasteiger partial charge in [-0.1, -0.05) is 0 Å². The third-order valence-electron chi connectivity index (χ3n) is 2.66. The molecule has 0 bridgehead atoms. The lowest BCUT2D eigenvalue weighted by Crippen LogP contribution is -2.35. The predicted molar refractivity (Wildman–Crippen MR) is 62.6 cm³/mol. The fraction of sp³-hybridized carbons (Fsp3) is 0.636. The quantitative estimate of drug-likeness (QED) is 0.871. The molecule has 1 N–H and O–H groups in total. The van der Waals surface area contributed by atoms with E-state index in [1.54, 1.807) is 0 Å². The third kappa shape index (κ3) is 2.98. The molecule has 0 unspecified atom stereocenters. The van der Waals surface area contributed by atoms with E-state index in [4.69, 9.17) is 20.8 Å². The number of nitrogens with zero attached hydrogens (tertiary/aromatic N) is 1. The molecule has 16 heavy (non-hydrogen) atoms. The molecule has 1 fully saturated rings. The highest BCUT2D eigenvalue weighted by atomic mass is 35.5. The van der Waals surface area contributed by atoms with Crippen molar-refractivity contribution in [2.24, 2.45) is 0 Å². The fourth-order valence-corrected chi connectivity index (χ4v) is 2.04. The van der Waals surface area contributed by atoms with Crippen LogP contribution in [-0.2, 0) is 17.8 Å². The number of furan rings is 1. The van der Waals surface area contributed by atoms with Crippen molar-refractivity contribution in [1.82, 2.24) is 10.2 Å². The van der Waals surface area contributed by atoms with E-state index in [0.717, 1.165) is 44.2 Å². The van der Waals surface area contributed by atoms with Gasteiger partial charge in [0, 0.05) is 25.2 Å². The normalized spacial score (nSPS) is 17.9. The maximum atomic E-state index is 6.05. The molecule has 0 aromatic carbocycles. The van der Waals surface area contributed by atoms with Crippen LogP contribution in [0.25, 0.3) is 0 Å². The van der Waals surface area contributed by atoms with Gasteiger partial charge in [0.25, 0.3) is 0 Å². The van der Waals surface area contributed by atoms with E-state index in [1.807, 2.05) is 13.1 Å². The average Bonchev–Trinajstić information content (AvgIpc) is 2.61. The summed E-state index contributed by atoms with van der Waals surface area (Å²) in [4.78, 5) is 2.32. The van der Waals surface area contributed by atoms with Crippen molar-refractivity contribution in [3.8, 4) is 0 Å². The van der Waals surface area contributed by atoms with Crippen LogP contribution in [0.1, 0.15) is 11.3 Å². The number of ether oxygens (including phenoxy) is 1. The van der Waals surface area contributed by atoms with Crippen molar-refractivity contribution in [3.05, 3.63) is 22.6 Å². The maximum Gasteiger partial charge on any atom is 0.197 e. The van der Waals surface area contributed by atoms with Gasteiger partial charge in [0.1, 0.15) is 5.76 Å². The lowest BCUT2D eigenvalue weighted by Gasteiger charge is -2.25. The Kier molecular flexibility index (Phi) is 4.23. The zero-order chi connectivity index (χ0) is 11.4. The van der Waals surface area contributed by atoms with Gasteiger partial charge in [0.2, 0.25) is 0 Å². The van der Waals surface area contributed by atoms with Gasteiger partial charge >= 0.3 is 0 Å². The molecule has 0 saturated carbocycles. The first-order valence-corrected chi connectivity index (χ1v) is 5.89. The van der Waals surface area contributed by atoms with E-state index in [1.165, 1.54) is 0 Å². The van der Waals surface area contributed by atoms with Gasteiger partial charge < -0.3 is 14.5 Å². The summed E-state index contributed by atoms with van der Waals surface area (Å²) in [6, 6.07) is 2.02. The first kappa shape index (κ1) is 11.9. The molecule has 1 saturated heterocycles. The number of hydrogen-bond acceptors (Lipinski definition) is 4. The number of morpholine rings is 1.